The highest BCUT2D eigenvalue weighted by atomic mass is 28.2. The minimum absolute atomic E-state index is 0.333. The Hall–Kier alpha value is -2.00. The number of hydrogen-bond acceptors (Lipinski definition) is 1. The zero-order chi connectivity index (χ0) is 16.7. The Kier molecular flexibility index (Phi) is 4.07. The van der Waals surface area contributed by atoms with Crippen LogP contribution < -0.4 is 5.73 Å². The van der Waals surface area contributed by atoms with Crippen molar-refractivity contribution in [1.82, 2.24) is 0 Å². The van der Waals surface area contributed by atoms with Crippen LogP contribution in [0.2, 0.25) is 13.1 Å². The predicted molar refractivity (Wildman–Crippen MR) is 101 cm³/mol. The highest BCUT2D eigenvalue weighted by Gasteiger charge is 2.26. The van der Waals surface area contributed by atoms with Crippen LogP contribution in [0.4, 0.5) is 0 Å². The average Bonchev–Trinajstić information content (AvgIpc) is 2.86. The summed E-state index contributed by atoms with van der Waals surface area (Å²) >= 11 is 0. The molecule has 0 saturated carbocycles. The molecule has 0 aromatic heterocycles. The van der Waals surface area contributed by atoms with E-state index in [0.717, 1.165) is 12.0 Å². The van der Waals surface area contributed by atoms with Crippen molar-refractivity contribution in [2.45, 2.75) is 33.4 Å². The van der Waals surface area contributed by atoms with E-state index in [1.807, 2.05) is 6.08 Å². The fraction of sp³-hybridized carbons (Fsp3) is 0.300. The maximum absolute atomic E-state index is 12.1. The van der Waals surface area contributed by atoms with Crippen molar-refractivity contribution in [2.24, 2.45) is 11.7 Å². The van der Waals surface area contributed by atoms with Gasteiger partial charge < -0.3 is 5.73 Å². The summed E-state index contributed by atoms with van der Waals surface area (Å²) in [6.45, 7) is 8.96. The van der Waals surface area contributed by atoms with Gasteiger partial charge in [-0.2, -0.15) is 0 Å². The normalized spacial score (nSPS) is 19.7. The molecule has 0 spiro atoms. The van der Waals surface area contributed by atoms with Crippen LogP contribution in [-0.2, 0) is 11.2 Å². The Morgan fingerprint density at radius 2 is 2.04 bits per heavy atom. The summed E-state index contributed by atoms with van der Waals surface area (Å²) in [6.07, 6.45) is 7.29. The van der Waals surface area contributed by atoms with Gasteiger partial charge in [0.05, 0.1) is 0 Å². The number of benzene rings is 1. The van der Waals surface area contributed by atoms with E-state index in [-0.39, 0.29) is 5.91 Å². The number of allylic oxidation sites excluding steroid dienone is 3. The summed E-state index contributed by atoms with van der Waals surface area (Å²) in [5.41, 5.74) is 12.6. The van der Waals surface area contributed by atoms with Crippen molar-refractivity contribution >= 4 is 31.1 Å². The van der Waals surface area contributed by atoms with Crippen molar-refractivity contribution < 1.29 is 4.79 Å². The molecule has 1 aromatic rings. The van der Waals surface area contributed by atoms with Crippen molar-refractivity contribution in [1.29, 1.82) is 0 Å². The lowest BCUT2D eigenvalue weighted by Crippen LogP contribution is -2.27. The molecular weight excluding hydrogens is 298 g/mol. The van der Waals surface area contributed by atoms with E-state index in [4.69, 9.17) is 5.73 Å². The second-order valence-corrected chi connectivity index (χ2v) is 9.30. The van der Waals surface area contributed by atoms with Crippen molar-refractivity contribution in [2.75, 3.05) is 0 Å². The first-order valence-electron chi connectivity index (χ1n) is 8.09. The smallest absolute Gasteiger partial charge is 0.249 e. The van der Waals surface area contributed by atoms with E-state index < -0.39 is 8.41 Å². The zero-order valence-electron chi connectivity index (χ0n) is 14.2. The topological polar surface area (TPSA) is 43.1 Å². The third-order valence-corrected chi connectivity index (χ3v) is 6.46. The molecular formula is C20H23NOSi. The second kappa shape index (κ2) is 5.89. The standard InChI is InChI=1S/C20H23NOSi/c1-12-10-14-6-5-7-15(17(14)11-12)18-16(20(21)22)9-8-13(2)19(18)23(3)4/h5-9,11,13H,10H2,1-4H3,(H2,21,22). The van der Waals surface area contributed by atoms with Gasteiger partial charge in [-0.15, -0.1) is 0 Å². The van der Waals surface area contributed by atoms with Crippen LogP contribution in [0, 0.1) is 5.92 Å². The van der Waals surface area contributed by atoms with Crippen LogP contribution in [0.15, 0.2) is 41.5 Å². The lowest BCUT2D eigenvalue weighted by atomic mass is 9.83. The molecule has 0 aliphatic heterocycles. The molecule has 118 valence electrons. The summed E-state index contributed by atoms with van der Waals surface area (Å²) in [5.74, 6) is 0.0273. The second-order valence-electron chi connectivity index (χ2n) is 6.76. The number of fused-ring (bicyclic) bond motifs is 1. The highest BCUT2D eigenvalue weighted by Crippen LogP contribution is 2.36. The van der Waals surface area contributed by atoms with Gasteiger partial charge in [-0.3, -0.25) is 4.79 Å². The molecule has 1 atom stereocenters. The van der Waals surface area contributed by atoms with Gasteiger partial charge in [0, 0.05) is 14.0 Å². The molecule has 0 saturated heterocycles. The first kappa shape index (κ1) is 15.9. The molecule has 0 heterocycles. The molecule has 23 heavy (non-hydrogen) atoms. The van der Waals surface area contributed by atoms with Crippen molar-refractivity contribution in [3.8, 4) is 0 Å². The lowest BCUT2D eigenvalue weighted by molar-refractivity contribution is -0.114. The SMILES string of the molecule is CC1=Cc2c(cccc2C2=C(C(N)=O)C=CC(C)C2=[Si](C)C)C1. The van der Waals surface area contributed by atoms with E-state index in [2.05, 4.69) is 57.3 Å². The predicted octanol–water partition coefficient (Wildman–Crippen LogP) is 3.60. The highest BCUT2D eigenvalue weighted by molar-refractivity contribution is 6.77. The quantitative estimate of drug-likeness (QED) is 0.831. The first-order chi connectivity index (χ1) is 10.9. The lowest BCUT2D eigenvalue weighted by Gasteiger charge is -2.26. The first-order valence-corrected chi connectivity index (χ1v) is 10.6. The zero-order valence-corrected chi connectivity index (χ0v) is 15.2. The molecule has 2 nitrogen and oxygen atoms in total. The number of amides is 1. The fourth-order valence-corrected chi connectivity index (χ4v) is 5.52. The minimum Gasteiger partial charge on any atom is -0.366 e. The average molecular weight is 321 g/mol. The van der Waals surface area contributed by atoms with Gasteiger partial charge in [-0.05, 0) is 41.5 Å². The van der Waals surface area contributed by atoms with Gasteiger partial charge in [-0.25, -0.2) is 0 Å². The van der Waals surface area contributed by atoms with Crippen LogP contribution in [0.5, 0.6) is 0 Å². The molecule has 3 heteroatoms. The summed E-state index contributed by atoms with van der Waals surface area (Å²) in [6, 6.07) is 6.43. The Balaban J connectivity index is 2.35. The maximum atomic E-state index is 12.1. The Morgan fingerprint density at radius 3 is 2.70 bits per heavy atom. The fourth-order valence-electron chi connectivity index (χ4n) is 3.75. The summed E-state index contributed by atoms with van der Waals surface area (Å²) in [5, 5.41) is 1.40. The van der Waals surface area contributed by atoms with Crippen LogP contribution in [0.1, 0.15) is 30.5 Å². The summed E-state index contributed by atoms with van der Waals surface area (Å²) < 4.78 is 0. The van der Waals surface area contributed by atoms with E-state index in [0.29, 0.717) is 11.5 Å². The van der Waals surface area contributed by atoms with Crippen LogP contribution in [0.3, 0.4) is 0 Å². The molecule has 3 rings (SSSR count). The van der Waals surface area contributed by atoms with Crippen molar-refractivity contribution in [3.05, 3.63) is 58.2 Å². The van der Waals surface area contributed by atoms with Gasteiger partial charge >= 0.3 is 0 Å². The van der Waals surface area contributed by atoms with E-state index in [1.54, 1.807) is 0 Å². The number of rotatable bonds is 2. The molecule has 1 amide bonds. The Morgan fingerprint density at radius 1 is 1.30 bits per heavy atom. The number of carbonyl (C=O) groups is 1. The third-order valence-electron chi connectivity index (χ3n) is 4.68. The minimum atomic E-state index is -0.696. The Bertz CT molecular complexity index is 820. The van der Waals surface area contributed by atoms with Crippen molar-refractivity contribution in [3.63, 3.8) is 0 Å². The molecule has 0 fully saturated rings. The molecule has 2 N–H and O–H groups in total. The summed E-state index contributed by atoms with van der Waals surface area (Å²) in [7, 11) is -0.696. The number of carbonyl (C=O) groups excluding carboxylic acids is 1. The van der Waals surface area contributed by atoms with Crippen LogP contribution in [0.25, 0.3) is 11.6 Å². The summed E-state index contributed by atoms with van der Waals surface area (Å²) in [4.78, 5) is 12.1. The largest absolute Gasteiger partial charge is 0.366 e. The number of nitrogens with two attached hydrogens (primary N) is 1. The van der Waals surface area contributed by atoms with Gasteiger partial charge in [-0.1, -0.05) is 67.2 Å². The van der Waals surface area contributed by atoms with E-state index >= 15 is 0 Å². The molecule has 0 radical (unpaired) electrons. The molecule has 0 bridgehead atoms. The van der Waals surface area contributed by atoms with Crippen LogP contribution in [-0.4, -0.2) is 19.5 Å². The third kappa shape index (κ3) is 2.70. The Labute approximate surface area is 139 Å². The van der Waals surface area contributed by atoms with Gasteiger partial charge in [0.1, 0.15) is 0 Å². The molecule has 1 aromatic carbocycles. The van der Waals surface area contributed by atoms with E-state index in [1.165, 1.54) is 27.4 Å². The number of hydrogen-bond donors (Lipinski definition) is 1. The molecule has 2 aliphatic rings. The number of primary amides is 1. The monoisotopic (exact) mass is 321 g/mol. The molecule has 2 aliphatic carbocycles. The van der Waals surface area contributed by atoms with Gasteiger partial charge in [0.25, 0.3) is 0 Å². The van der Waals surface area contributed by atoms with Crippen LogP contribution >= 0.6 is 0 Å². The van der Waals surface area contributed by atoms with Gasteiger partial charge in [0.2, 0.25) is 5.91 Å². The van der Waals surface area contributed by atoms with E-state index in [9.17, 15) is 4.79 Å². The molecule has 1 unspecified atom stereocenters. The maximum Gasteiger partial charge on any atom is 0.249 e. The van der Waals surface area contributed by atoms with Gasteiger partial charge in [0.15, 0.2) is 0 Å².